The smallest absolute Gasteiger partial charge is 0.196 e. The molecule has 0 unspecified atom stereocenters. The fourth-order valence-corrected chi connectivity index (χ4v) is 3.68. The molecule has 0 saturated heterocycles. The molecular formula is C22H30IN3O4S. The first-order valence-corrected chi connectivity index (χ1v) is 12.1. The van der Waals surface area contributed by atoms with Crippen LogP contribution < -0.4 is 20.1 Å². The van der Waals surface area contributed by atoms with E-state index in [1.165, 1.54) is 11.8 Å². The van der Waals surface area contributed by atoms with Gasteiger partial charge in [0.2, 0.25) is 0 Å². The molecule has 0 aromatic heterocycles. The van der Waals surface area contributed by atoms with Crippen LogP contribution in [0.1, 0.15) is 24.0 Å². The van der Waals surface area contributed by atoms with Crippen molar-refractivity contribution in [3.8, 4) is 11.5 Å². The molecular weight excluding hydrogens is 529 g/mol. The average Bonchev–Trinajstić information content (AvgIpc) is 2.94. The second kappa shape index (κ2) is 12.1. The summed E-state index contributed by atoms with van der Waals surface area (Å²) in [7, 11) is -2.99. The van der Waals surface area contributed by atoms with Gasteiger partial charge in [0.1, 0.15) is 9.84 Å². The van der Waals surface area contributed by atoms with Gasteiger partial charge in [-0.25, -0.2) is 13.4 Å². The third kappa shape index (κ3) is 8.56. The van der Waals surface area contributed by atoms with E-state index in [0.29, 0.717) is 44.4 Å². The van der Waals surface area contributed by atoms with Gasteiger partial charge < -0.3 is 20.1 Å². The highest BCUT2D eigenvalue weighted by Crippen LogP contribution is 2.32. The maximum atomic E-state index is 11.4. The number of aryl methyl sites for hydroxylation is 1. The van der Waals surface area contributed by atoms with Crippen LogP contribution >= 0.6 is 24.0 Å². The second-order valence-corrected chi connectivity index (χ2v) is 9.60. The van der Waals surface area contributed by atoms with Crippen LogP contribution in [-0.2, 0) is 16.4 Å². The Morgan fingerprint density at radius 2 is 1.84 bits per heavy atom. The van der Waals surface area contributed by atoms with Gasteiger partial charge in [-0.2, -0.15) is 0 Å². The van der Waals surface area contributed by atoms with Gasteiger partial charge in [-0.05, 0) is 36.6 Å². The zero-order valence-electron chi connectivity index (χ0n) is 17.9. The lowest BCUT2D eigenvalue weighted by atomic mass is 10.1. The third-order valence-corrected chi connectivity index (χ3v) is 5.69. The van der Waals surface area contributed by atoms with Crippen molar-refractivity contribution in [1.82, 2.24) is 5.32 Å². The Kier molecular flexibility index (Phi) is 9.89. The maximum Gasteiger partial charge on any atom is 0.196 e. The SMILES string of the molecule is Cc1ccccc1CN=C(NCCCS(C)(=O)=O)Nc1ccc2c(c1)OCCCO2.I. The summed E-state index contributed by atoms with van der Waals surface area (Å²) in [5.74, 6) is 2.15. The zero-order valence-corrected chi connectivity index (χ0v) is 21.0. The normalized spacial score (nSPS) is 13.7. The van der Waals surface area contributed by atoms with Crippen molar-refractivity contribution in [2.75, 3.05) is 37.1 Å². The van der Waals surface area contributed by atoms with Crippen molar-refractivity contribution in [1.29, 1.82) is 0 Å². The number of benzene rings is 2. The Morgan fingerprint density at radius 3 is 2.58 bits per heavy atom. The number of halogens is 1. The fraction of sp³-hybridized carbons (Fsp3) is 0.409. The molecule has 0 bridgehead atoms. The van der Waals surface area contributed by atoms with Gasteiger partial charge in [0.05, 0.1) is 25.5 Å². The predicted molar refractivity (Wildman–Crippen MR) is 136 cm³/mol. The number of sulfone groups is 1. The number of aliphatic imine (C=N–C) groups is 1. The number of rotatable bonds is 7. The number of hydrogen-bond donors (Lipinski definition) is 2. The van der Waals surface area contributed by atoms with Crippen LogP contribution in [0, 0.1) is 6.92 Å². The van der Waals surface area contributed by atoms with E-state index < -0.39 is 9.84 Å². The topological polar surface area (TPSA) is 89.0 Å². The van der Waals surface area contributed by atoms with Crippen LogP contribution in [0.5, 0.6) is 11.5 Å². The molecule has 0 atom stereocenters. The molecule has 0 amide bonds. The lowest BCUT2D eigenvalue weighted by molar-refractivity contribution is 0.297. The number of ether oxygens (including phenoxy) is 2. The van der Waals surface area contributed by atoms with Crippen LogP contribution in [0.3, 0.4) is 0 Å². The molecule has 2 N–H and O–H groups in total. The minimum absolute atomic E-state index is 0. The molecule has 9 heteroatoms. The first-order chi connectivity index (χ1) is 14.4. The van der Waals surface area contributed by atoms with Crippen molar-refractivity contribution < 1.29 is 17.9 Å². The number of anilines is 1. The van der Waals surface area contributed by atoms with Gasteiger partial charge in [-0.3, -0.25) is 0 Å². The summed E-state index contributed by atoms with van der Waals surface area (Å²) in [6.07, 6.45) is 2.60. The van der Waals surface area contributed by atoms with Gasteiger partial charge in [0.15, 0.2) is 17.5 Å². The summed E-state index contributed by atoms with van der Waals surface area (Å²) in [6, 6.07) is 13.8. The summed E-state index contributed by atoms with van der Waals surface area (Å²) < 4.78 is 34.2. The number of nitrogens with one attached hydrogen (secondary N) is 2. The fourth-order valence-electron chi connectivity index (χ4n) is 3.01. The second-order valence-electron chi connectivity index (χ2n) is 7.34. The molecule has 0 radical (unpaired) electrons. The Bertz CT molecular complexity index is 996. The predicted octanol–water partition coefficient (Wildman–Crippen LogP) is 3.77. The standard InChI is InChI=1S/C22H29N3O4S.HI/c1-17-7-3-4-8-18(17)16-24-22(23-11-5-14-30(2,26)27)25-19-9-10-20-21(15-19)29-13-6-12-28-20;/h3-4,7-10,15H,5-6,11-14,16H2,1-2H3,(H2,23,24,25);1H. The van der Waals surface area contributed by atoms with Gasteiger partial charge in [-0.1, -0.05) is 24.3 Å². The molecule has 170 valence electrons. The highest BCUT2D eigenvalue weighted by molar-refractivity contribution is 14.0. The van der Waals surface area contributed by atoms with Crippen LogP contribution in [-0.4, -0.2) is 46.1 Å². The van der Waals surface area contributed by atoms with Crippen LogP contribution in [0.25, 0.3) is 0 Å². The Morgan fingerprint density at radius 1 is 1.10 bits per heavy atom. The summed E-state index contributed by atoms with van der Waals surface area (Å²) in [6.45, 7) is 4.33. The van der Waals surface area contributed by atoms with Crippen molar-refractivity contribution in [3.05, 3.63) is 53.6 Å². The van der Waals surface area contributed by atoms with Crippen LogP contribution in [0.4, 0.5) is 5.69 Å². The number of fused-ring (bicyclic) bond motifs is 1. The molecule has 1 heterocycles. The molecule has 2 aromatic carbocycles. The van der Waals surface area contributed by atoms with Crippen molar-refractivity contribution in [3.63, 3.8) is 0 Å². The molecule has 1 aliphatic heterocycles. The first-order valence-electron chi connectivity index (χ1n) is 10.1. The van der Waals surface area contributed by atoms with E-state index in [-0.39, 0.29) is 29.7 Å². The van der Waals surface area contributed by atoms with Crippen molar-refractivity contribution in [2.24, 2.45) is 4.99 Å². The highest BCUT2D eigenvalue weighted by Gasteiger charge is 2.12. The van der Waals surface area contributed by atoms with Crippen molar-refractivity contribution >= 4 is 45.5 Å². The Hall–Kier alpha value is -2.01. The van der Waals surface area contributed by atoms with E-state index >= 15 is 0 Å². The minimum atomic E-state index is -2.99. The molecule has 0 aliphatic carbocycles. The molecule has 31 heavy (non-hydrogen) atoms. The van der Waals surface area contributed by atoms with Gasteiger partial charge in [0, 0.05) is 31.0 Å². The van der Waals surface area contributed by atoms with E-state index in [9.17, 15) is 8.42 Å². The molecule has 0 spiro atoms. The Labute approximate surface area is 201 Å². The molecule has 0 fully saturated rings. The largest absolute Gasteiger partial charge is 0.490 e. The maximum absolute atomic E-state index is 11.4. The first kappa shape index (κ1) is 25.3. The van der Waals surface area contributed by atoms with Gasteiger partial charge >= 0.3 is 0 Å². The van der Waals surface area contributed by atoms with E-state index in [1.807, 2.05) is 36.4 Å². The van der Waals surface area contributed by atoms with E-state index in [1.54, 1.807) is 0 Å². The summed E-state index contributed by atoms with van der Waals surface area (Å²) in [5, 5.41) is 6.52. The number of hydrogen-bond acceptors (Lipinski definition) is 5. The third-order valence-electron chi connectivity index (χ3n) is 4.66. The lowest BCUT2D eigenvalue weighted by Crippen LogP contribution is -2.32. The molecule has 2 aromatic rings. The van der Waals surface area contributed by atoms with E-state index in [2.05, 4.69) is 28.6 Å². The molecule has 3 rings (SSSR count). The van der Waals surface area contributed by atoms with Crippen LogP contribution in [0.15, 0.2) is 47.5 Å². The zero-order chi connectivity index (χ0) is 21.4. The molecule has 7 nitrogen and oxygen atoms in total. The van der Waals surface area contributed by atoms with Gasteiger partial charge in [-0.15, -0.1) is 24.0 Å². The number of guanidine groups is 1. The highest BCUT2D eigenvalue weighted by atomic mass is 127. The number of nitrogens with zero attached hydrogens (tertiary/aromatic N) is 1. The summed E-state index contributed by atoms with van der Waals surface area (Å²) in [4.78, 5) is 4.69. The minimum Gasteiger partial charge on any atom is -0.490 e. The van der Waals surface area contributed by atoms with E-state index in [4.69, 9.17) is 9.47 Å². The summed E-state index contributed by atoms with van der Waals surface area (Å²) >= 11 is 0. The van der Waals surface area contributed by atoms with Crippen molar-refractivity contribution in [2.45, 2.75) is 26.3 Å². The lowest BCUT2D eigenvalue weighted by Gasteiger charge is -2.15. The average molecular weight is 559 g/mol. The molecule has 1 aliphatic rings. The molecule has 0 saturated carbocycles. The monoisotopic (exact) mass is 559 g/mol. The van der Waals surface area contributed by atoms with E-state index in [0.717, 1.165) is 23.4 Å². The Balaban J connectivity index is 0.00000341. The van der Waals surface area contributed by atoms with Crippen LogP contribution in [0.2, 0.25) is 0 Å². The van der Waals surface area contributed by atoms with Gasteiger partial charge in [0.25, 0.3) is 0 Å². The quantitative estimate of drug-likeness (QED) is 0.233. The summed E-state index contributed by atoms with van der Waals surface area (Å²) in [5.41, 5.74) is 3.13.